The van der Waals surface area contributed by atoms with Gasteiger partial charge in [-0.2, -0.15) is 11.8 Å². The number of carbonyl (C=O) groups excluding carboxylic acids is 1. The Morgan fingerprint density at radius 1 is 1.39 bits per heavy atom. The highest BCUT2D eigenvalue weighted by atomic mass is 32.2. The number of rotatable bonds is 5. The number of nitrogens with one attached hydrogen (secondary N) is 2. The van der Waals surface area contributed by atoms with Crippen LogP contribution >= 0.6 is 11.8 Å². The normalized spacial score (nSPS) is 18.9. The lowest BCUT2D eigenvalue weighted by Crippen LogP contribution is -2.44. The molecule has 2 rings (SSSR count). The van der Waals surface area contributed by atoms with Crippen LogP contribution in [0.25, 0.3) is 0 Å². The van der Waals surface area contributed by atoms with Crippen LogP contribution in [0.3, 0.4) is 0 Å². The van der Waals surface area contributed by atoms with Gasteiger partial charge in [-0.1, -0.05) is 31.2 Å². The van der Waals surface area contributed by atoms with E-state index >= 15 is 0 Å². The summed E-state index contributed by atoms with van der Waals surface area (Å²) in [5.41, 5.74) is 2.34. The quantitative estimate of drug-likeness (QED) is 0.857. The van der Waals surface area contributed by atoms with E-state index < -0.39 is 5.60 Å². The number of fused-ring (bicyclic) bond motifs is 1. The molecule has 0 radical (unpaired) electrons. The molecule has 1 aliphatic heterocycles. The lowest BCUT2D eigenvalue weighted by molar-refractivity contribution is 0.0521. The fourth-order valence-electron chi connectivity index (χ4n) is 2.65. The number of carbonyl (C=O) groups is 1. The van der Waals surface area contributed by atoms with Gasteiger partial charge in [-0.3, -0.25) is 0 Å². The molecule has 0 fully saturated rings. The Morgan fingerprint density at radius 2 is 2.13 bits per heavy atom. The fraction of sp³-hybridized carbons (Fsp3) is 0.611. The fourth-order valence-corrected chi connectivity index (χ4v) is 3.76. The Kier molecular flexibility index (Phi) is 6.36. The number of amides is 1. The number of benzene rings is 1. The zero-order valence-corrected chi connectivity index (χ0v) is 15.3. The highest BCUT2D eigenvalue weighted by Crippen LogP contribution is 2.31. The Morgan fingerprint density at radius 3 is 2.83 bits per heavy atom. The number of thioether (sulfide) groups is 1. The summed E-state index contributed by atoms with van der Waals surface area (Å²) in [6, 6.07) is 9.19. The van der Waals surface area contributed by atoms with Crippen molar-refractivity contribution in [1.29, 1.82) is 0 Å². The van der Waals surface area contributed by atoms with Crippen molar-refractivity contribution in [1.82, 2.24) is 10.6 Å². The van der Waals surface area contributed by atoms with Crippen LogP contribution < -0.4 is 10.6 Å². The molecule has 2 atom stereocenters. The van der Waals surface area contributed by atoms with E-state index in [1.807, 2.05) is 32.5 Å². The number of hydrogen-bond donors (Lipinski definition) is 2. The third kappa shape index (κ3) is 5.74. The first kappa shape index (κ1) is 18.1. The summed E-state index contributed by atoms with van der Waals surface area (Å²) in [5.74, 6) is 2.15. The van der Waals surface area contributed by atoms with E-state index in [4.69, 9.17) is 4.74 Å². The molecular formula is C18H28N2O2S. The Balaban J connectivity index is 1.89. The molecule has 128 valence electrons. The Bertz CT molecular complexity index is 528. The van der Waals surface area contributed by atoms with E-state index in [2.05, 4.69) is 41.8 Å². The van der Waals surface area contributed by atoms with Crippen molar-refractivity contribution in [2.75, 3.05) is 12.3 Å². The molecule has 1 aliphatic rings. The van der Waals surface area contributed by atoms with Gasteiger partial charge in [-0.25, -0.2) is 4.79 Å². The molecule has 0 saturated heterocycles. The second-order valence-corrected chi connectivity index (χ2v) is 7.95. The van der Waals surface area contributed by atoms with E-state index in [0.717, 1.165) is 17.9 Å². The van der Waals surface area contributed by atoms with E-state index in [9.17, 15) is 4.79 Å². The first-order valence-electron chi connectivity index (χ1n) is 8.27. The van der Waals surface area contributed by atoms with Gasteiger partial charge in [-0.15, -0.1) is 0 Å². The van der Waals surface area contributed by atoms with Crippen LogP contribution in [0, 0.1) is 0 Å². The summed E-state index contributed by atoms with van der Waals surface area (Å²) in [6.45, 7) is 8.33. The summed E-state index contributed by atoms with van der Waals surface area (Å²) in [6.07, 6.45) is 0.607. The lowest BCUT2D eigenvalue weighted by atomic mass is 10.0. The van der Waals surface area contributed by atoms with Crippen LogP contribution in [0.5, 0.6) is 0 Å². The first-order valence-corrected chi connectivity index (χ1v) is 9.43. The molecule has 2 unspecified atom stereocenters. The number of ether oxygens (including phenoxy) is 1. The topological polar surface area (TPSA) is 50.4 Å². The molecule has 5 heteroatoms. The highest BCUT2D eigenvalue weighted by molar-refractivity contribution is 7.98. The smallest absolute Gasteiger partial charge is 0.407 e. The zero-order chi connectivity index (χ0) is 16.9. The van der Waals surface area contributed by atoms with Crippen molar-refractivity contribution in [3.05, 3.63) is 35.4 Å². The van der Waals surface area contributed by atoms with E-state index in [1.54, 1.807) is 0 Å². The second-order valence-electron chi connectivity index (χ2n) is 6.92. The van der Waals surface area contributed by atoms with Gasteiger partial charge in [0.15, 0.2) is 0 Å². The predicted octanol–water partition coefficient (Wildman–Crippen LogP) is 3.87. The highest BCUT2D eigenvalue weighted by Gasteiger charge is 2.23. The molecule has 0 aromatic heterocycles. The molecule has 23 heavy (non-hydrogen) atoms. The van der Waals surface area contributed by atoms with Crippen LogP contribution in [0.2, 0.25) is 0 Å². The zero-order valence-electron chi connectivity index (χ0n) is 14.5. The standard InChI is InChI=1S/C18H28N2O2S/c1-5-14(10-19-17(21)22-18(2,3)4)20-16-12-23-11-13-8-6-7-9-15(13)16/h6-9,14,16,20H,5,10-12H2,1-4H3,(H,19,21). The third-order valence-electron chi connectivity index (χ3n) is 3.79. The lowest BCUT2D eigenvalue weighted by Gasteiger charge is -2.30. The molecule has 0 aliphatic carbocycles. The van der Waals surface area contributed by atoms with Crippen LogP contribution in [0.1, 0.15) is 51.3 Å². The maximum absolute atomic E-state index is 11.8. The average molecular weight is 337 g/mol. The van der Waals surface area contributed by atoms with Crippen molar-refractivity contribution in [3.63, 3.8) is 0 Å². The molecule has 1 heterocycles. The second kappa shape index (κ2) is 8.06. The Labute approximate surface area is 143 Å². The minimum absolute atomic E-state index is 0.235. The van der Waals surface area contributed by atoms with Crippen molar-refractivity contribution in [2.45, 2.75) is 57.6 Å². The monoisotopic (exact) mass is 336 g/mol. The van der Waals surface area contributed by atoms with Crippen LogP contribution in [-0.4, -0.2) is 30.0 Å². The predicted molar refractivity (Wildman–Crippen MR) is 96.8 cm³/mol. The maximum Gasteiger partial charge on any atom is 0.407 e. The van der Waals surface area contributed by atoms with Gasteiger partial charge in [-0.05, 0) is 38.3 Å². The van der Waals surface area contributed by atoms with Gasteiger partial charge in [0.1, 0.15) is 5.60 Å². The van der Waals surface area contributed by atoms with E-state index in [-0.39, 0.29) is 12.1 Å². The molecule has 1 aromatic rings. The van der Waals surface area contributed by atoms with Crippen LogP contribution in [-0.2, 0) is 10.5 Å². The molecule has 2 N–H and O–H groups in total. The first-order chi connectivity index (χ1) is 10.9. The largest absolute Gasteiger partial charge is 0.444 e. The molecule has 1 amide bonds. The van der Waals surface area contributed by atoms with Gasteiger partial charge in [0.2, 0.25) is 0 Å². The van der Waals surface area contributed by atoms with Crippen molar-refractivity contribution >= 4 is 17.9 Å². The molecule has 1 aromatic carbocycles. The minimum atomic E-state index is -0.460. The van der Waals surface area contributed by atoms with Gasteiger partial charge in [0, 0.05) is 30.1 Å². The van der Waals surface area contributed by atoms with Crippen LogP contribution in [0.15, 0.2) is 24.3 Å². The summed E-state index contributed by atoms with van der Waals surface area (Å²) >= 11 is 1.96. The SMILES string of the molecule is CCC(CNC(=O)OC(C)(C)C)NC1CSCc2ccccc21. The summed E-state index contributed by atoms with van der Waals surface area (Å²) in [5, 5.41) is 6.56. The molecular weight excluding hydrogens is 308 g/mol. The molecule has 0 saturated carbocycles. The van der Waals surface area contributed by atoms with Crippen molar-refractivity contribution in [3.8, 4) is 0 Å². The molecule has 0 bridgehead atoms. The van der Waals surface area contributed by atoms with Crippen molar-refractivity contribution in [2.24, 2.45) is 0 Å². The molecule has 4 nitrogen and oxygen atoms in total. The molecule has 0 spiro atoms. The maximum atomic E-state index is 11.8. The Hall–Kier alpha value is -1.20. The number of alkyl carbamates (subject to hydrolysis) is 1. The van der Waals surface area contributed by atoms with Gasteiger partial charge < -0.3 is 15.4 Å². The summed E-state index contributed by atoms with van der Waals surface area (Å²) < 4.78 is 5.30. The average Bonchev–Trinajstić information content (AvgIpc) is 2.50. The van der Waals surface area contributed by atoms with E-state index in [1.165, 1.54) is 11.1 Å². The summed E-state index contributed by atoms with van der Waals surface area (Å²) in [4.78, 5) is 11.8. The number of hydrogen-bond acceptors (Lipinski definition) is 4. The summed E-state index contributed by atoms with van der Waals surface area (Å²) in [7, 11) is 0. The van der Waals surface area contributed by atoms with Gasteiger partial charge in [0.05, 0.1) is 0 Å². The van der Waals surface area contributed by atoms with Gasteiger partial charge >= 0.3 is 6.09 Å². The van der Waals surface area contributed by atoms with Crippen molar-refractivity contribution < 1.29 is 9.53 Å². The third-order valence-corrected chi connectivity index (χ3v) is 4.88. The van der Waals surface area contributed by atoms with Crippen LogP contribution in [0.4, 0.5) is 4.79 Å². The minimum Gasteiger partial charge on any atom is -0.444 e. The van der Waals surface area contributed by atoms with Gasteiger partial charge in [0.25, 0.3) is 0 Å². The van der Waals surface area contributed by atoms with E-state index in [0.29, 0.717) is 12.6 Å².